The van der Waals surface area contributed by atoms with Crippen LogP contribution < -0.4 is 20.3 Å². The number of Topliss-reactive ketones (excluding diaryl/α,β-unsaturated/α-hetero) is 1. The van der Waals surface area contributed by atoms with Crippen LogP contribution in [0.4, 0.5) is 5.69 Å². The number of nitrogens with one attached hydrogen (secondary N) is 2. The van der Waals surface area contributed by atoms with Crippen molar-refractivity contribution in [2.24, 2.45) is 0 Å². The van der Waals surface area contributed by atoms with Crippen LogP contribution in [-0.2, 0) is 0 Å². The molecule has 5 heteroatoms. The smallest absolute Gasteiger partial charge is 0.183 e. The zero-order valence-corrected chi connectivity index (χ0v) is 9.46. The van der Waals surface area contributed by atoms with Gasteiger partial charge in [0.1, 0.15) is 0 Å². The Labute approximate surface area is 93.7 Å². The molecule has 1 aliphatic heterocycles. The molecule has 1 aromatic carbocycles. The molecule has 0 saturated carbocycles. The number of carbonyl (C=O) groups excluding carboxylic acids is 1. The van der Waals surface area contributed by atoms with Crippen LogP contribution in [0.25, 0.3) is 0 Å². The van der Waals surface area contributed by atoms with Gasteiger partial charge < -0.3 is 14.9 Å². The molecule has 0 fully saturated rings. The third-order valence-corrected chi connectivity index (χ3v) is 2.61. The highest BCUT2D eigenvalue weighted by atomic mass is 16.5. The van der Waals surface area contributed by atoms with Crippen LogP contribution in [0, 0.1) is 0 Å². The van der Waals surface area contributed by atoms with Gasteiger partial charge in [-0.3, -0.25) is 4.79 Å². The van der Waals surface area contributed by atoms with Gasteiger partial charge in [-0.15, -0.1) is 0 Å². The summed E-state index contributed by atoms with van der Waals surface area (Å²) in [6.07, 6.45) is 0. The minimum Gasteiger partial charge on any atom is -0.493 e. The molecule has 1 heterocycles. The molecule has 1 unspecified atom stereocenters. The number of rotatable bonds is 2. The molecule has 2 rings (SSSR count). The monoisotopic (exact) mass is 222 g/mol. The van der Waals surface area contributed by atoms with Crippen LogP contribution >= 0.6 is 0 Å². The van der Waals surface area contributed by atoms with Crippen molar-refractivity contribution in [3.05, 3.63) is 17.7 Å². The number of fused-ring (bicyclic) bond motifs is 1. The Bertz CT molecular complexity index is 431. The van der Waals surface area contributed by atoms with E-state index in [-0.39, 0.29) is 11.8 Å². The molecule has 5 nitrogen and oxygen atoms in total. The molecular weight excluding hydrogens is 208 g/mol. The van der Waals surface area contributed by atoms with Crippen molar-refractivity contribution in [2.75, 3.05) is 19.6 Å². The number of ketones is 1. The van der Waals surface area contributed by atoms with Gasteiger partial charge in [0.25, 0.3) is 0 Å². The summed E-state index contributed by atoms with van der Waals surface area (Å²) >= 11 is 0. The van der Waals surface area contributed by atoms with Crippen molar-refractivity contribution in [3.63, 3.8) is 0 Å². The highest BCUT2D eigenvalue weighted by Crippen LogP contribution is 2.34. The first-order chi connectivity index (χ1) is 7.67. The van der Waals surface area contributed by atoms with Crippen LogP contribution in [-0.4, -0.2) is 26.0 Å². The second kappa shape index (κ2) is 4.02. The fourth-order valence-electron chi connectivity index (χ4n) is 1.67. The lowest BCUT2D eigenvalue weighted by Crippen LogP contribution is -2.42. The maximum atomic E-state index is 11.9. The number of hydrogen-bond donors (Lipinski definition) is 2. The molecule has 0 spiro atoms. The van der Waals surface area contributed by atoms with E-state index in [1.165, 1.54) is 0 Å². The Morgan fingerprint density at radius 1 is 1.19 bits per heavy atom. The highest BCUT2D eigenvalue weighted by Gasteiger charge is 2.25. The second-order valence-corrected chi connectivity index (χ2v) is 3.61. The van der Waals surface area contributed by atoms with Gasteiger partial charge in [0, 0.05) is 11.6 Å². The molecule has 86 valence electrons. The molecule has 1 atom stereocenters. The van der Waals surface area contributed by atoms with Gasteiger partial charge in [-0.2, -0.15) is 0 Å². The Kier molecular flexibility index (Phi) is 2.70. The van der Waals surface area contributed by atoms with E-state index in [4.69, 9.17) is 9.47 Å². The molecule has 0 aromatic heterocycles. The summed E-state index contributed by atoms with van der Waals surface area (Å²) in [5, 5.41) is 0. The molecule has 0 aliphatic carbocycles. The van der Waals surface area contributed by atoms with Crippen molar-refractivity contribution in [1.82, 2.24) is 5.43 Å². The lowest BCUT2D eigenvalue weighted by atomic mass is 10.0. The van der Waals surface area contributed by atoms with E-state index in [1.807, 2.05) is 0 Å². The maximum Gasteiger partial charge on any atom is 0.183 e. The minimum atomic E-state index is -0.245. The standard InChI is InChI=1S/C11H14N2O3/c1-6-11(14)7-4-9(15-2)10(16-3)5-8(7)13-12-6/h4-6,12-13H,1-3H3. The molecule has 0 radical (unpaired) electrons. The lowest BCUT2D eigenvalue weighted by molar-refractivity contribution is 0.0949. The molecule has 0 bridgehead atoms. The zero-order valence-electron chi connectivity index (χ0n) is 9.46. The van der Waals surface area contributed by atoms with E-state index in [0.29, 0.717) is 22.7 Å². The first-order valence-electron chi connectivity index (χ1n) is 4.99. The third kappa shape index (κ3) is 1.59. The van der Waals surface area contributed by atoms with Crippen LogP contribution in [0.15, 0.2) is 12.1 Å². The Morgan fingerprint density at radius 3 is 2.44 bits per heavy atom. The average Bonchev–Trinajstić information content (AvgIpc) is 2.32. The van der Waals surface area contributed by atoms with Gasteiger partial charge in [-0.05, 0) is 13.0 Å². The lowest BCUT2D eigenvalue weighted by Gasteiger charge is -2.24. The van der Waals surface area contributed by atoms with Crippen molar-refractivity contribution in [2.45, 2.75) is 13.0 Å². The summed E-state index contributed by atoms with van der Waals surface area (Å²) in [6.45, 7) is 1.80. The third-order valence-electron chi connectivity index (χ3n) is 2.61. The number of carbonyl (C=O) groups is 1. The van der Waals surface area contributed by atoms with Crippen molar-refractivity contribution in [3.8, 4) is 11.5 Å². The van der Waals surface area contributed by atoms with E-state index in [1.54, 1.807) is 33.3 Å². The molecule has 2 N–H and O–H groups in total. The number of hydrazine groups is 1. The van der Waals surface area contributed by atoms with Gasteiger partial charge in [0.05, 0.1) is 25.9 Å². The molecular formula is C11H14N2O3. The predicted octanol–water partition coefficient (Wildman–Crippen LogP) is 1.21. The Balaban J connectivity index is 2.52. The largest absolute Gasteiger partial charge is 0.493 e. The van der Waals surface area contributed by atoms with E-state index in [2.05, 4.69) is 10.9 Å². The van der Waals surface area contributed by atoms with Crippen molar-refractivity contribution >= 4 is 11.5 Å². The number of hydrogen-bond acceptors (Lipinski definition) is 5. The average molecular weight is 222 g/mol. The van der Waals surface area contributed by atoms with Gasteiger partial charge in [-0.1, -0.05) is 0 Å². The van der Waals surface area contributed by atoms with Crippen LogP contribution in [0.3, 0.4) is 0 Å². The first-order valence-corrected chi connectivity index (χ1v) is 4.99. The normalized spacial score (nSPS) is 18.7. The highest BCUT2D eigenvalue weighted by molar-refractivity contribution is 6.06. The molecule has 0 saturated heterocycles. The van der Waals surface area contributed by atoms with Gasteiger partial charge in [0.2, 0.25) is 0 Å². The summed E-state index contributed by atoms with van der Waals surface area (Å²) in [4.78, 5) is 11.9. The zero-order chi connectivity index (χ0) is 11.7. The SMILES string of the molecule is COc1cc2c(cc1OC)C(=O)C(C)NN2. The number of anilines is 1. The van der Waals surface area contributed by atoms with Crippen LogP contribution in [0.5, 0.6) is 11.5 Å². The Hall–Kier alpha value is -1.75. The summed E-state index contributed by atoms with van der Waals surface area (Å²) in [5.74, 6) is 1.19. The van der Waals surface area contributed by atoms with E-state index >= 15 is 0 Å². The van der Waals surface area contributed by atoms with Crippen LogP contribution in [0.2, 0.25) is 0 Å². The van der Waals surface area contributed by atoms with Gasteiger partial charge >= 0.3 is 0 Å². The number of benzene rings is 1. The summed E-state index contributed by atoms with van der Waals surface area (Å²) in [5.41, 5.74) is 7.17. The molecule has 16 heavy (non-hydrogen) atoms. The van der Waals surface area contributed by atoms with Crippen LogP contribution in [0.1, 0.15) is 17.3 Å². The van der Waals surface area contributed by atoms with Gasteiger partial charge in [0.15, 0.2) is 17.3 Å². The fraction of sp³-hybridized carbons (Fsp3) is 0.364. The number of ether oxygens (including phenoxy) is 2. The van der Waals surface area contributed by atoms with E-state index in [9.17, 15) is 4.79 Å². The fourth-order valence-corrected chi connectivity index (χ4v) is 1.67. The summed E-state index contributed by atoms with van der Waals surface area (Å²) < 4.78 is 10.3. The Morgan fingerprint density at radius 2 is 1.81 bits per heavy atom. The van der Waals surface area contributed by atoms with E-state index in [0.717, 1.165) is 0 Å². The minimum absolute atomic E-state index is 0.0368. The summed E-state index contributed by atoms with van der Waals surface area (Å²) in [7, 11) is 3.11. The number of methoxy groups -OCH3 is 2. The second-order valence-electron chi connectivity index (χ2n) is 3.61. The van der Waals surface area contributed by atoms with Crippen molar-refractivity contribution < 1.29 is 14.3 Å². The summed E-state index contributed by atoms with van der Waals surface area (Å²) in [6, 6.07) is 3.19. The van der Waals surface area contributed by atoms with Crippen molar-refractivity contribution in [1.29, 1.82) is 0 Å². The molecule has 1 aromatic rings. The topological polar surface area (TPSA) is 59.6 Å². The maximum absolute atomic E-state index is 11.9. The molecule has 0 amide bonds. The quantitative estimate of drug-likeness (QED) is 0.787. The predicted molar refractivity (Wildman–Crippen MR) is 60.1 cm³/mol. The van der Waals surface area contributed by atoms with E-state index < -0.39 is 0 Å². The first kappa shape index (κ1) is 10.8. The molecule has 1 aliphatic rings. The van der Waals surface area contributed by atoms with Gasteiger partial charge in [-0.25, -0.2) is 5.43 Å².